The number of amides is 1. The molecule has 98 valence electrons. The van der Waals surface area contributed by atoms with Crippen LogP contribution in [-0.2, 0) is 6.42 Å². The van der Waals surface area contributed by atoms with Crippen LogP contribution in [0.15, 0.2) is 5.38 Å². The highest BCUT2D eigenvalue weighted by atomic mass is 32.1. The van der Waals surface area contributed by atoms with E-state index in [9.17, 15) is 4.79 Å². The zero-order valence-electron chi connectivity index (χ0n) is 10.7. The Kier molecular flexibility index (Phi) is 5.75. The Labute approximate surface area is 111 Å². The number of nitrogens with zero attached hydrogens (tertiary/aromatic N) is 3. The molecule has 0 bridgehead atoms. The molecule has 5 nitrogen and oxygen atoms in total. The number of hydrogen-bond acceptors (Lipinski definition) is 5. The Bertz CT molecular complexity index is 438. The van der Waals surface area contributed by atoms with Gasteiger partial charge >= 0.3 is 0 Å². The summed E-state index contributed by atoms with van der Waals surface area (Å²) in [5, 5.41) is 11.4. The molecule has 0 fully saturated rings. The first kappa shape index (κ1) is 14.6. The van der Waals surface area contributed by atoms with Gasteiger partial charge in [-0.1, -0.05) is 0 Å². The summed E-state index contributed by atoms with van der Waals surface area (Å²) in [6, 6.07) is 2.13. The van der Waals surface area contributed by atoms with E-state index in [1.807, 2.05) is 6.92 Å². The van der Waals surface area contributed by atoms with Gasteiger partial charge in [0.2, 0.25) is 0 Å². The average molecular weight is 266 g/mol. The van der Waals surface area contributed by atoms with Gasteiger partial charge in [0.25, 0.3) is 5.91 Å². The molecule has 0 spiro atoms. The molecular weight excluding hydrogens is 248 g/mol. The predicted molar refractivity (Wildman–Crippen MR) is 71.2 cm³/mol. The van der Waals surface area contributed by atoms with E-state index < -0.39 is 0 Å². The van der Waals surface area contributed by atoms with Crippen molar-refractivity contribution in [2.24, 2.45) is 11.7 Å². The Balaban J connectivity index is 2.73. The lowest BCUT2D eigenvalue weighted by Crippen LogP contribution is -2.34. The molecule has 0 aromatic carbocycles. The molecule has 1 amide bonds. The van der Waals surface area contributed by atoms with Crippen LogP contribution in [0.3, 0.4) is 0 Å². The van der Waals surface area contributed by atoms with E-state index in [0.717, 1.165) is 5.01 Å². The lowest BCUT2D eigenvalue weighted by atomic mass is 10.2. The molecule has 1 heterocycles. The van der Waals surface area contributed by atoms with Gasteiger partial charge in [0.05, 0.1) is 17.0 Å². The zero-order chi connectivity index (χ0) is 13.5. The molecule has 1 atom stereocenters. The minimum absolute atomic E-state index is 0.112. The summed E-state index contributed by atoms with van der Waals surface area (Å²) in [5.41, 5.74) is 5.91. The van der Waals surface area contributed by atoms with E-state index in [2.05, 4.69) is 11.1 Å². The molecule has 0 saturated carbocycles. The third kappa shape index (κ3) is 3.79. The van der Waals surface area contributed by atoms with Crippen LogP contribution in [0.2, 0.25) is 0 Å². The van der Waals surface area contributed by atoms with Crippen molar-refractivity contribution < 1.29 is 4.79 Å². The summed E-state index contributed by atoms with van der Waals surface area (Å²) in [6.45, 7) is 5.25. The maximum Gasteiger partial charge on any atom is 0.273 e. The molecule has 0 saturated heterocycles. The maximum absolute atomic E-state index is 12.2. The summed E-state index contributed by atoms with van der Waals surface area (Å²) in [7, 11) is 0. The fourth-order valence-corrected chi connectivity index (χ4v) is 2.32. The summed E-state index contributed by atoms with van der Waals surface area (Å²) < 4.78 is 0. The minimum Gasteiger partial charge on any atom is -0.336 e. The number of carbonyl (C=O) groups excluding carboxylic acids is 1. The van der Waals surface area contributed by atoms with E-state index in [1.165, 1.54) is 11.3 Å². The zero-order valence-corrected chi connectivity index (χ0v) is 11.5. The third-order valence-corrected chi connectivity index (χ3v) is 3.42. The van der Waals surface area contributed by atoms with E-state index in [1.54, 1.807) is 17.2 Å². The molecule has 0 aliphatic heterocycles. The average Bonchev–Trinajstić information content (AvgIpc) is 2.83. The van der Waals surface area contributed by atoms with Crippen LogP contribution < -0.4 is 5.73 Å². The van der Waals surface area contributed by atoms with Crippen molar-refractivity contribution >= 4 is 17.2 Å². The van der Waals surface area contributed by atoms with Crippen molar-refractivity contribution in [1.82, 2.24) is 9.88 Å². The van der Waals surface area contributed by atoms with Crippen LogP contribution in [0, 0.1) is 17.2 Å². The van der Waals surface area contributed by atoms with Crippen molar-refractivity contribution in [2.75, 3.05) is 19.6 Å². The highest BCUT2D eigenvalue weighted by molar-refractivity contribution is 7.09. The van der Waals surface area contributed by atoms with Crippen molar-refractivity contribution in [2.45, 2.75) is 20.3 Å². The van der Waals surface area contributed by atoms with Crippen molar-refractivity contribution in [1.29, 1.82) is 5.26 Å². The third-order valence-electron chi connectivity index (χ3n) is 2.51. The first-order valence-electron chi connectivity index (χ1n) is 5.95. The molecule has 1 aromatic heterocycles. The quantitative estimate of drug-likeness (QED) is 0.840. The van der Waals surface area contributed by atoms with Gasteiger partial charge in [-0.15, -0.1) is 11.3 Å². The first-order chi connectivity index (χ1) is 8.62. The largest absolute Gasteiger partial charge is 0.336 e. The first-order valence-corrected chi connectivity index (χ1v) is 6.83. The number of nitriles is 1. The summed E-state index contributed by atoms with van der Waals surface area (Å²) in [4.78, 5) is 18.1. The number of carbonyl (C=O) groups is 1. The monoisotopic (exact) mass is 266 g/mol. The van der Waals surface area contributed by atoms with Crippen LogP contribution in [0.1, 0.15) is 29.3 Å². The lowest BCUT2D eigenvalue weighted by molar-refractivity contribution is 0.0747. The van der Waals surface area contributed by atoms with Gasteiger partial charge in [0.1, 0.15) is 5.69 Å². The number of rotatable bonds is 6. The smallest absolute Gasteiger partial charge is 0.273 e. The molecule has 0 radical (unpaired) electrons. The molecule has 1 unspecified atom stereocenters. The van der Waals surface area contributed by atoms with Crippen LogP contribution in [0.4, 0.5) is 0 Å². The van der Waals surface area contributed by atoms with Crippen LogP contribution in [0.25, 0.3) is 0 Å². The standard InChI is InChI=1S/C12H18N4OS/c1-3-16(7-9(2)6-14)12(17)10-8-18-11(15-10)4-5-13/h8-9H,3-5,7,13H2,1-2H3. The van der Waals surface area contributed by atoms with Gasteiger partial charge in [-0.25, -0.2) is 4.98 Å². The van der Waals surface area contributed by atoms with Crippen LogP contribution in [0.5, 0.6) is 0 Å². The van der Waals surface area contributed by atoms with Crippen molar-refractivity contribution in [3.63, 3.8) is 0 Å². The van der Waals surface area contributed by atoms with Gasteiger partial charge in [-0.05, 0) is 20.4 Å². The second-order valence-electron chi connectivity index (χ2n) is 4.04. The summed E-state index contributed by atoms with van der Waals surface area (Å²) in [5.74, 6) is -0.282. The van der Waals surface area contributed by atoms with Gasteiger partial charge in [-0.3, -0.25) is 4.79 Å². The normalized spacial score (nSPS) is 11.9. The van der Waals surface area contributed by atoms with Gasteiger partial charge < -0.3 is 10.6 Å². The fraction of sp³-hybridized carbons (Fsp3) is 0.583. The SMILES string of the molecule is CCN(CC(C)C#N)C(=O)c1csc(CCN)n1. The Morgan fingerprint density at radius 1 is 1.72 bits per heavy atom. The number of nitrogens with two attached hydrogens (primary N) is 1. The second kappa shape index (κ2) is 7.09. The Hall–Kier alpha value is -1.45. The number of hydrogen-bond donors (Lipinski definition) is 1. The topological polar surface area (TPSA) is 83.0 Å². The van der Waals surface area contributed by atoms with Gasteiger partial charge in [-0.2, -0.15) is 5.26 Å². The van der Waals surface area contributed by atoms with E-state index in [0.29, 0.717) is 31.7 Å². The van der Waals surface area contributed by atoms with Crippen molar-refractivity contribution in [3.8, 4) is 6.07 Å². The summed E-state index contributed by atoms with van der Waals surface area (Å²) >= 11 is 1.45. The van der Waals surface area contributed by atoms with E-state index in [-0.39, 0.29) is 11.8 Å². The van der Waals surface area contributed by atoms with Crippen LogP contribution in [-0.4, -0.2) is 35.4 Å². The highest BCUT2D eigenvalue weighted by Gasteiger charge is 2.19. The van der Waals surface area contributed by atoms with E-state index >= 15 is 0 Å². The van der Waals surface area contributed by atoms with Crippen LogP contribution >= 0.6 is 11.3 Å². The summed E-state index contributed by atoms with van der Waals surface area (Å²) in [6.07, 6.45) is 0.693. The fourth-order valence-electron chi connectivity index (χ4n) is 1.54. The predicted octanol–water partition coefficient (Wildman–Crippen LogP) is 1.27. The molecule has 0 aliphatic carbocycles. The minimum atomic E-state index is -0.170. The van der Waals surface area contributed by atoms with Gasteiger partial charge in [0, 0.05) is 24.9 Å². The Morgan fingerprint density at radius 2 is 2.44 bits per heavy atom. The molecule has 0 aliphatic rings. The molecule has 6 heteroatoms. The lowest BCUT2D eigenvalue weighted by Gasteiger charge is -2.20. The van der Waals surface area contributed by atoms with Crippen molar-refractivity contribution in [3.05, 3.63) is 16.1 Å². The molecule has 18 heavy (non-hydrogen) atoms. The highest BCUT2D eigenvalue weighted by Crippen LogP contribution is 2.13. The second-order valence-corrected chi connectivity index (χ2v) is 4.98. The van der Waals surface area contributed by atoms with Gasteiger partial charge in [0.15, 0.2) is 0 Å². The molecular formula is C12H18N4OS. The molecule has 2 N–H and O–H groups in total. The molecule has 1 aromatic rings. The molecule has 1 rings (SSSR count). The maximum atomic E-state index is 12.2. The number of thiazole rings is 1. The Morgan fingerprint density at radius 3 is 3.00 bits per heavy atom. The van der Waals surface area contributed by atoms with E-state index in [4.69, 9.17) is 11.0 Å². The number of aromatic nitrogens is 1.